The van der Waals surface area contributed by atoms with E-state index in [4.69, 9.17) is 9.47 Å². The number of sulfonamides is 1. The smallest absolute Gasteiger partial charge is 0.327 e. The van der Waals surface area contributed by atoms with Gasteiger partial charge in [-0.3, -0.25) is 19.2 Å². The highest BCUT2D eigenvalue weighted by Gasteiger charge is 2.63. The molecule has 3 atom stereocenters. The van der Waals surface area contributed by atoms with Crippen molar-refractivity contribution in [1.82, 2.24) is 0 Å². The fourth-order valence-electron chi connectivity index (χ4n) is 4.95. The molecule has 0 aliphatic carbocycles. The van der Waals surface area contributed by atoms with Crippen molar-refractivity contribution in [2.75, 3.05) is 10.8 Å². The molecule has 9 nitrogen and oxygen atoms in total. The highest BCUT2D eigenvalue weighted by Crippen LogP contribution is 2.55. The van der Waals surface area contributed by atoms with Gasteiger partial charge in [-0.15, -0.1) is 0 Å². The zero-order valence-electron chi connectivity index (χ0n) is 18.6. The first-order valence-corrected chi connectivity index (χ1v) is 12.1. The van der Waals surface area contributed by atoms with Crippen molar-refractivity contribution in [3.63, 3.8) is 0 Å². The number of hydrogen-bond donors (Lipinski definition) is 0. The third-order valence-electron chi connectivity index (χ3n) is 6.57. The van der Waals surface area contributed by atoms with Crippen LogP contribution >= 0.6 is 0 Å². The van der Waals surface area contributed by atoms with Crippen molar-refractivity contribution in [2.45, 2.75) is 56.3 Å². The average Bonchev–Trinajstić information content (AvgIpc) is 3.26. The third-order valence-corrected chi connectivity index (χ3v) is 8.39. The summed E-state index contributed by atoms with van der Waals surface area (Å²) in [6, 6.07) is 13.0. The van der Waals surface area contributed by atoms with Crippen LogP contribution in [0.4, 0.5) is 11.4 Å². The molecule has 2 aromatic carbocycles. The van der Waals surface area contributed by atoms with E-state index in [1.165, 1.54) is 24.3 Å². The van der Waals surface area contributed by atoms with E-state index >= 15 is 0 Å². The Kier molecular flexibility index (Phi) is 5.69. The van der Waals surface area contributed by atoms with Crippen LogP contribution in [-0.2, 0) is 24.3 Å². The van der Waals surface area contributed by atoms with Crippen molar-refractivity contribution >= 4 is 27.4 Å². The number of esters is 1. The molecule has 3 unspecified atom stereocenters. The molecule has 10 heteroatoms. The van der Waals surface area contributed by atoms with Gasteiger partial charge in [-0.25, -0.2) is 8.42 Å². The summed E-state index contributed by atoms with van der Waals surface area (Å²) < 4.78 is 39.8. The van der Waals surface area contributed by atoms with Crippen LogP contribution in [0.1, 0.15) is 33.6 Å². The molecule has 0 amide bonds. The van der Waals surface area contributed by atoms with E-state index in [2.05, 4.69) is 0 Å². The lowest BCUT2D eigenvalue weighted by molar-refractivity contribution is -0.387. The topological polar surface area (TPSA) is 116 Å². The molecule has 2 aliphatic heterocycles. The predicted octanol–water partition coefficient (Wildman–Crippen LogP) is 3.68. The summed E-state index contributed by atoms with van der Waals surface area (Å²) in [4.78, 5) is 23.3. The lowest BCUT2D eigenvalue weighted by atomic mass is 9.70. The molecule has 2 saturated heterocycles. The lowest BCUT2D eigenvalue weighted by Crippen LogP contribution is -2.49. The molecule has 33 heavy (non-hydrogen) atoms. The van der Waals surface area contributed by atoms with Crippen LogP contribution in [0.5, 0.6) is 0 Å². The lowest BCUT2D eigenvalue weighted by Gasteiger charge is -2.38. The number of carbonyl (C=O) groups is 1. The number of nitrogens with zero attached hydrogens (tertiary/aromatic N) is 2. The van der Waals surface area contributed by atoms with Gasteiger partial charge < -0.3 is 9.47 Å². The molecule has 2 aliphatic rings. The van der Waals surface area contributed by atoms with Crippen molar-refractivity contribution in [1.29, 1.82) is 0 Å². The molecule has 4 rings (SSSR count). The standard InChI is InChI=1S/C23H26N2O7S/c1-22(2)19-13-14-23(3,32-19)21(22)31-20(26)15-24(16-9-5-4-6-10-16)33(29,30)18-12-8-7-11-17(18)25(27)28/h4-12,19,21H,13-15H2,1-3H3. The van der Waals surface area contributed by atoms with Crippen molar-refractivity contribution in [3.8, 4) is 0 Å². The van der Waals surface area contributed by atoms with Crippen molar-refractivity contribution < 1.29 is 27.6 Å². The molecular formula is C23H26N2O7S. The van der Waals surface area contributed by atoms with Crippen LogP contribution in [-0.4, -0.2) is 43.7 Å². The van der Waals surface area contributed by atoms with Crippen LogP contribution < -0.4 is 4.31 Å². The Morgan fingerprint density at radius 2 is 1.79 bits per heavy atom. The van der Waals surface area contributed by atoms with Crippen LogP contribution in [0.2, 0.25) is 0 Å². The SMILES string of the molecule is CC12CCC(O1)C(C)(C)C2OC(=O)CN(c1ccccc1)S(=O)(=O)c1ccccc1[N+](=O)[O-]. The quantitative estimate of drug-likeness (QED) is 0.341. The second-order valence-electron chi connectivity index (χ2n) is 9.22. The Bertz CT molecular complexity index is 1180. The van der Waals surface area contributed by atoms with Gasteiger partial charge in [0.15, 0.2) is 4.90 Å². The van der Waals surface area contributed by atoms with Gasteiger partial charge in [-0.2, -0.15) is 0 Å². The van der Waals surface area contributed by atoms with Crippen molar-refractivity contribution in [2.24, 2.45) is 5.41 Å². The van der Waals surface area contributed by atoms with Crippen LogP contribution in [0.3, 0.4) is 0 Å². The number of nitro benzene ring substituents is 1. The molecule has 2 bridgehead atoms. The average molecular weight is 475 g/mol. The molecule has 0 aromatic heterocycles. The Labute approximate surface area is 192 Å². The fourth-order valence-corrected chi connectivity index (χ4v) is 6.52. The molecule has 2 aromatic rings. The molecule has 0 N–H and O–H groups in total. The van der Waals surface area contributed by atoms with E-state index in [1.54, 1.807) is 18.2 Å². The van der Waals surface area contributed by atoms with Crippen molar-refractivity contribution in [3.05, 3.63) is 64.7 Å². The summed E-state index contributed by atoms with van der Waals surface area (Å²) in [7, 11) is -4.45. The first-order valence-electron chi connectivity index (χ1n) is 10.7. The van der Waals surface area contributed by atoms with Gasteiger partial charge in [-0.1, -0.05) is 44.2 Å². The minimum absolute atomic E-state index is 0.0405. The van der Waals surface area contributed by atoms with Crippen LogP contribution in [0.15, 0.2) is 59.5 Å². The summed E-state index contributed by atoms with van der Waals surface area (Å²) >= 11 is 0. The van der Waals surface area contributed by atoms with Gasteiger partial charge >= 0.3 is 5.97 Å². The summed E-state index contributed by atoms with van der Waals surface area (Å²) in [5.74, 6) is -0.753. The molecule has 176 valence electrons. The van der Waals surface area contributed by atoms with Gasteiger partial charge in [0.25, 0.3) is 15.7 Å². The number of anilines is 1. The maximum absolute atomic E-state index is 13.5. The monoisotopic (exact) mass is 474 g/mol. The zero-order chi connectivity index (χ0) is 24.0. The van der Waals surface area contributed by atoms with E-state index in [0.29, 0.717) is 0 Å². The van der Waals surface area contributed by atoms with Gasteiger partial charge in [0.2, 0.25) is 0 Å². The highest BCUT2D eigenvalue weighted by atomic mass is 32.2. The number of ether oxygens (including phenoxy) is 2. The molecular weight excluding hydrogens is 448 g/mol. The van der Waals surface area contributed by atoms with E-state index in [9.17, 15) is 23.3 Å². The molecule has 0 spiro atoms. The summed E-state index contributed by atoms with van der Waals surface area (Å²) in [6.07, 6.45) is 1.04. The number of hydrogen-bond acceptors (Lipinski definition) is 7. The van der Waals surface area contributed by atoms with Gasteiger partial charge in [0.05, 0.1) is 16.7 Å². The first kappa shape index (κ1) is 23.2. The normalized spacial score (nSPS) is 25.5. The summed E-state index contributed by atoms with van der Waals surface area (Å²) in [5, 5.41) is 11.5. The zero-order valence-corrected chi connectivity index (χ0v) is 19.4. The number of carbonyl (C=O) groups excluding carboxylic acids is 1. The highest BCUT2D eigenvalue weighted by molar-refractivity contribution is 7.93. The second kappa shape index (κ2) is 8.11. The fraction of sp³-hybridized carbons (Fsp3) is 0.435. The number of rotatable bonds is 7. The molecule has 2 fully saturated rings. The van der Waals surface area contributed by atoms with E-state index in [0.717, 1.165) is 29.3 Å². The Hall–Kier alpha value is -2.98. The summed E-state index contributed by atoms with van der Waals surface area (Å²) in [5.41, 5.74) is -1.42. The number of fused-ring (bicyclic) bond motifs is 2. The Morgan fingerprint density at radius 1 is 1.15 bits per heavy atom. The van der Waals surface area contributed by atoms with Gasteiger partial charge in [0.1, 0.15) is 18.2 Å². The van der Waals surface area contributed by atoms with Gasteiger partial charge in [-0.05, 0) is 38.0 Å². The third kappa shape index (κ3) is 3.97. The first-order chi connectivity index (χ1) is 15.5. The van der Waals surface area contributed by atoms with E-state index in [-0.39, 0.29) is 11.8 Å². The molecule has 2 heterocycles. The minimum Gasteiger partial charge on any atom is -0.457 e. The molecule has 0 radical (unpaired) electrons. The maximum Gasteiger partial charge on any atom is 0.327 e. The second-order valence-corrected chi connectivity index (χ2v) is 11.1. The Balaban J connectivity index is 1.67. The van der Waals surface area contributed by atoms with Gasteiger partial charge in [0, 0.05) is 11.5 Å². The Morgan fingerprint density at radius 3 is 2.39 bits per heavy atom. The van der Waals surface area contributed by atoms with Crippen LogP contribution in [0, 0.1) is 15.5 Å². The largest absolute Gasteiger partial charge is 0.457 e. The minimum atomic E-state index is -4.45. The summed E-state index contributed by atoms with van der Waals surface area (Å²) in [6.45, 7) is 5.21. The number of nitro groups is 1. The maximum atomic E-state index is 13.5. The number of para-hydroxylation sites is 2. The van der Waals surface area contributed by atoms with E-state index < -0.39 is 55.2 Å². The number of benzene rings is 2. The van der Waals surface area contributed by atoms with E-state index in [1.807, 2.05) is 20.8 Å². The van der Waals surface area contributed by atoms with Crippen LogP contribution in [0.25, 0.3) is 0 Å². The predicted molar refractivity (Wildman–Crippen MR) is 120 cm³/mol. The molecule has 0 saturated carbocycles.